The molecule has 0 bridgehead atoms. The Morgan fingerprint density at radius 3 is 2.90 bits per heavy atom. The number of nitrogens with zero attached hydrogens (tertiary/aromatic N) is 4. The van der Waals surface area contributed by atoms with Crippen molar-refractivity contribution in [2.24, 2.45) is 0 Å². The van der Waals surface area contributed by atoms with Gasteiger partial charge in [-0.3, -0.25) is 9.78 Å². The van der Waals surface area contributed by atoms with Gasteiger partial charge in [0.1, 0.15) is 11.5 Å². The second-order valence-corrected chi connectivity index (χ2v) is 5.05. The SMILES string of the molecule is Cc1cnc(C(=O)NCCn2ccnc2C2CC2)cn1. The van der Waals surface area contributed by atoms with E-state index < -0.39 is 0 Å². The number of aromatic nitrogens is 4. The van der Waals surface area contributed by atoms with E-state index >= 15 is 0 Å². The third kappa shape index (κ3) is 2.84. The Bertz CT molecular complexity index is 600. The van der Waals surface area contributed by atoms with Crippen molar-refractivity contribution in [2.45, 2.75) is 32.2 Å². The number of hydrogen-bond donors (Lipinski definition) is 1. The first-order valence-corrected chi connectivity index (χ1v) is 6.82. The van der Waals surface area contributed by atoms with Crippen LogP contribution in [0.5, 0.6) is 0 Å². The number of aryl methyl sites for hydroxylation is 1. The van der Waals surface area contributed by atoms with Gasteiger partial charge < -0.3 is 9.88 Å². The third-order valence-corrected chi connectivity index (χ3v) is 3.34. The van der Waals surface area contributed by atoms with Crippen LogP contribution >= 0.6 is 0 Å². The van der Waals surface area contributed by atoms with E-state index in [1.54, 1.807) is 6.20 Å². The second kappa shape index (κ2) is 5.40. The maximum atomic E-state index is 11.9. The topological polar surface area (TPSA) is 72.7 Å². The highest BCUT2D eigenvalue weighted by atomic mass is 16.1. The zero-order valence-corrected chi connectivity index (χ0v) is 11.4. The largest absolute Gasteiger partial charge is 0.349 e. The Kier molecular flexibility index (Phi) is 3.45. The number of imidazole rings is 1. The minimum atomic E-state index is -0.189. The van der Waals surface area contributed by atoms with Gasteiger partial charge in [-0.15, -0.1) is 0 Å². The second-order valence-electron chi connectivity index (χ2n) is 5.05. The number of rotatable bonds is 5. The lowest BCUT2D eigenvalue weighted by Crippen LogP contribution is -2.28. The Hall–Kier alpha value is -2.24. The molecule has 1 aliphatic rings. The Labute approximate surface area is 117 Å². The molecule has 1 aliphatic carbocycles. The van der Waals surface area contributed by atoms with Gasteiger partial charge in [0.25, 0.3) is 5.91 Å². The van der Waals surface area contributed by atoms with Crippen molar-refractivity contribution in [2.75, 3.05) is 6.54 Å². The highest BCUT2D eigenvalue weighted by Gasteiger charge is 2.27. The van der Waals surface area contributed by atoms with Crippen molar-refractivity contribution in [3.05, 3.63) is 42.0 Å². The molecular weight excluding hydrogens is 254 g/mol. The standard InChI is InChI=1S/C14H17N5O/c1-10-8-18-12(9-17-10)14(20)16-5-7-19-6-4-15-13(19)11-2-3-11/h4,6,8-9,11H,2-3,5,7H2,1H3,(H,16,20). The van der Waals surface area contributed by atoms with Gasteiger partial charge in [-0.2, -0.15) is 0 Å². The average Bonchev–Trinajstić information content (AvgIpc) is 3.19. The first-order valence-electron chi connectivity index (χ1n) is 6.82. The molecule has 0 spiro atoms. The fraction of sp³-hybridized carbons (Fsp3) is 0.429. The first kappa shape index (κ1) is 12.8. The molecule has 1 fully saturated rings. The summed E-state index contributed by atoms with van der Waals surface area (Å²) in [5.41, 5.74) is 1.15. The normalized spacial score (nSPS) is 14.2. The summed E-state index contributed by atoms with van der Waals surface area (Å²) in [6.07, 6.45) is 9.32. The summed E-state index contributed by atoms with van der Waals surface area (Å²) in [6.45, 7) is 3.13. The summed E-state index contributed by atoms with van der Waals surface area (Å²) in [5.74, 6) is 1.56. The molecule has 0 radical (unpaired) electrons. The quantitative estimate of drug-likeness (QED) is 0.889. The van der Waals surface area contributed by atoms with Crippen molar-refractivity contribution in [3.63, 3.8) is 0 Å². The fourth-order valence-corrected chi connectivity index (χ4v) is 2.10. The lowest BCUT2D eigenvalue weighted by atomic mass is 10.4. The smallest absolute Gasteiger partial charge is 0.271 e. The zero-order valence-electron chi connectivity index (χ0n) is 11.4. The third-order valence-electron chi connectivity index (χ3n) is 3.34. The van der Waals surface area contributed by atoms with Crippen molar-refractivity contribution in [1.29, 1.82) is 0 Å². The summed E-state index contributed by atoms with van der Waals surface area (Å²) in [5, 5.41) is 2.85. The Balaban J connectivity index is 1.53. The van der Waals surface area contributed by atoms with Gasteiger partial charge in [-0.1, -0.05) is 0 Å². The van der Waals surface area contributed by atoms with Crippen molar-refractivity contribution in [1.82, 2.24) is 24.8 Å². The van der Waals surface area contributed by atoms with Crippen molar-refractivity contribution in [3.8, 4) is 0 Å². The van der Waals surface area contributed by atoms with Crippen LogP contribution in [0, 0.1) is 6.92 Å². The minimum absolute atomic E-state index is 0.189. The molecule has 0 atom stereocenters. The van der Waals surface area contributed by atoms with Gasteiger partial charge in [0, 0.05) is 37.6 Å². The van der Waals surface area contributed by atoms with Crippen LogP contribution < -0.4 is 5.32 Å². The molecule has 104 valence electrons. The van der Waals surface area contributed by atoms with Crippen LogP contribution in [-0.4, -0.2) is 32.0 Å². The molecule has 20 heavy (non-hydrogen) atoms. The van der Waals surface area contributed by atoms with Crippen molar-refractivity contribution >= 4 is 5.91 Å². The molecule has 2 aromatic heterocycles. The van der Waals surface area contributed by atoms with E-state index in [1.165, 1.54) is 19.0 Å². The maximum Gasteiger partial charge on any atom is 0.271 e. The molecule has 3 rings (SSSR count). The molecule has 0 aliphatic heterocycles. The van der Waals surface area contributed by atoms with Gasteiger partial charge in [-0.05, 0) is 19.8 Å². The summed E-state index contributed by atoms with van der Waals surface area (Å²) in [6, 6.07) is 0. The monoisotopic (exact) mass is 271 g/mol. The molecular formula is C14H17N5O. The number of amides is 1. The summed E-state index contributed by atoms with van der Waals surface area (Å²) >= 11 is 0. The predicted octanol–water partition coefficient (Wildman–Crippen LogP) is 1.29. The van der Waals surface area contributed by atoms with E-state index in [2.05, 4.69) is 24.8 Å². The highest BCUT2D eigenvalue weighted by Crippen LogP contribution is 2.38. The van der Waals surface area contributed by atoms with Crippen LogP contribution in [-0.2, 0) is 6.54 Å². The molecule has 6 heteroatoms. The zero-order chi connectivity index (χ0) is 13.9. The predicted molar refractivity (Wildman–Crippen MR) is 73.3 cm³/mol. The molecule has 1 saturated carbocycles. The molecule has 2 heterocycles. The van der Waals surface area contributed by atoms with Crippen LogP contribution in [0.25, 0.3) is 0 Å². The van der Waals surface area contributed by atoms with E-state index in [0.717, 1.165) is 18.1 Å². The lowest BCUT2D eigenvalue weighted by Gasteiger charge is -2.08. The molecule has 2 aromatic rings. The average molecular weight is 271 g/mol. The van der Waals surface area contributed by atoms with E-state index in [4.69, 9.17) is 0 Å². The van der Waals surface area contributed by atoms with Gasteiger partial charge in [0.2, 0.25) is 0 Å². The van der Waals surface area contributed by atoms with Gasteiger partial charge in [0.05, 0.1) is 11.9 Å². The number of carbonyl (C=O) groups is 1. The first-order chi connectivity index (χ1) is 9.74. The molecule has 1 N–H and O–H groups in total. The van der Waals surface area contributed by atoms with Gasteiger partial charge in [0.15, 0.2) is 0 Å². The molecule has 1 amide bonds. The summed E-state index contributed by atoms with van der Waals surface area (Å²) in [7, 11) is 0. The Morgan fingerprint density at radius 2 is 2.20 bits per heavy atom. The minimum Gasteiger partial charge on any atom is -0.349 e. The van der Waals surface area contributed by atoms with E-state index in [9.17, 15) is 4.79 Å². The number of nitrogens with one attached hydrogen (secondary N) is 1. The lowest BCUT2D eigenvalue weighted by molar-refractivity contribution is 0.0947. The van der Waals surface area contributed by atoms with Crippen molar-refractivity contribution < 1.29 is 4.79 Å². The van der Waals surface area contributed by atoms with Crippen LogP contribution in [0.15, 0.2) is 24.8 Å². The summed E-state index contributed by atoms with van der Waals surface area (Å²) in [4.78, 5) is 24.4. The number of hydrogen-bond acceptors (Lipinski definition) is 4. The molecule has 0 aromatic carbocycles. The number of carbonyl (C=O) groups excluding carboxylic acids is 1. The Morgan fingerprint density at radius 1 is 1.35 bits per heavy atom. The molecule has 0 unspecified atom stereocenters. The van der Waals surface area contributed by atoms with E-state index in [0.29, 0.717) is 18.2 Å². The molecule has 6 nitrogen and oxygen atoms in total. The van der Waals surface area contributed by atoms with Crippen LogP contribution in [0.2, 0.25) is 0 Å². The molecule has 0 saturated heterocycles. The van der Waals surface area contributed by atoms with Crippen LogP contribution in [0.4, 0.5) is 0 Å². The van der Waals surface area contributed by atoms with Gasteiger partial charge >= 0.3 is 0 Å². The van der Waals surface area contributed by atoms with E-state index in [1.807, 2.05) is 19.3 Å². The summed E-state index contributed by atoms with van der Waals surface area (Å²) < 4.78 is 2.11. The maximum absolute atomic E-state index is 11.9. The van der Waals surface area contributed by atoms with E-state index in [-0.39, 0.29) is 5.91 Å². The van der Waals surface area contributed by atoms with Crippen LogP contribution in [0.3, 0.4) is 0 Å². The van der Waals surface area contributed by atoms with Crippen LogP contribution in [0.1, 0.15) is 40.8 Å². The van der Waals surface area contributed by atoms with Gasteiger partial charge in [-0.25, -0.2) is 9.97 Å². The fourth-order valence-electron chi connectivity index (χ4n) is 2.10. The highest BCUT2D eigenvalue weighted by molar-refractivity contribution is 5.91.